The van der Waals surface area contributed by atoms with E-state index in [0.29, 0.717) is 42.1 Å². The zero-order chi connectivity index (χ0) is 29.4. The molecule has 1 aliphatic rings. The molecule has 0 radical (unpaired) electrons. The van der Waals surface area contributed by atoms with Crippen LogP contribution in [-0.4, -0.2) is 32.6 Å². The number of benzene rings is 2. The molecule has 12 heteroatoms. The maximum atomic E-state index is 16.2. The number of thiazole rings is 1. The van der Waals surface area contributed by atoms with E-state index in [2.05, 4.69) is 25.3 Å². The van der Waals surface area contributed by atoms with Crippen LogP contribution in [0.4, 0.5) is 24.1 Å². The molecule has 0 spiro atoms. The van der Waals surface area contributed by atoms with Gasteiger partial charge in [0.15, 0.2) is 16.8 Å². The predicted octanol–water partition coefficient (Wildman–Crippen LogP) is 6.67. The Labute approximate surface area is 241 Å². The summed E-state index contributed by atoms with van der Waals surface area (Å²) in [5.74, 6) is -3.03. The maximum Gasteiger partial charge on any atom is 0.271 e. The van der Waals surface area contributed by atoms with Crippen LogP contribution in [0.5, 0.6) is 0 Å². The van der Waals surface area contributed by atoms with Crippen molar-refractivity contribution in [1.82, 2.24) is 20.3 Å². The largest absolute Gasteiger partial charge is 0.375 e. The molecule has 8 nitrogen and oxygen atoms in total. The Balaban J connectivity index is 1.45. The summed E-state index contributed by atoms with van der Waals surface area (Å²) in [5.41, 5.74) is 7.09. The molecule has 1 amide bonds. The van der Waals surface area contributed by atoms with Crippen LogP contribution in [0.15, 0.2) is 59.0 Å². The molecule has 210 valence electrons. The molecular weight excluding hydrogens is 563 g/mol. The van der Waals surface area contributed by atoms with Crippen molar-refractivity contribution in [3.8, 4) is 28.5 Å². The molecule has 3 aromatic heterocycles. The Kier molecular flexibility index (Phi) is 7.18. The number of rotatable bonds is 5. The number of nitrogens with two attached hydrogens (primary N) is 1. The molecule has 0 unspecified atom stereocenters. The number of aliphatic imine (C=N–C) groups is 1. The molecule has 1 saturated carbocycles. The van der Waals surface area contributed by atoms with Crippen molar-refractivity contribution in [2.45, 2.75) is 31.7 Å². The van der Waals surface area contributed by atoms with Gasteiger partial charge >= 0.3 is 0 Å². The first-order valence-corrected chi connectivity index (χ1v) is 13.9. The van der Waals surface area contributed by atoms with Gasteiger partial charge in [0.25, 0.3) is 5.91 Å². The summed E-state index contributed by atoms with van der Waals surface area (Å²) in [4.78, 5) is 28.4. The average Bonchev–Trinajstić information content (AvgIpc) is 3.61. The van der Waals surface area contributed by atoms with Gasteiger partial charge in [0.1, 0.15) is 23.4 Å². The molecule has 0 aliphatic heterocycles. The number of nitrogen functional groups attached to an aromatic ring is 1. The second kappa shape index (κ2) is 11.1. The number of amides is 1. The minimum absolute atomic E-state index is 0.0181. The van der Waals surface area contributed by atoms with Crippen LogP contribution < -0.4 is 11.1 Å². The van der Waals surface area contributed by atoms with Crippen LogP contribution in [0.3, 0.4) is 0 Å². The normalized spacial score (nSPS) is 16.0. The second-order valence-corrected chi connectivity index (χ2v) is 10.7. The van der Waals surface area contributed by atoms with Crippen LogP contribution in [-0.2, 0) is 0 Å². The van der Waals surface area contributed by atoms with E-state index in [0.717, 1.165) is 12.1 Å². The number of carbonyl (C=O) groups is 1. The summed E-state index contributed by atoms with van der Waals surface area (Å²) >= 11 is 1.17. The third-order valence-corrected chi connectivity index (χ3v) is 7.78. The fourth-order valence-corrected chi connectivity index (χ4v) is 5.77. The lowest BCUT2D eigenvalue weighted by atomic mass is 9.93. The number of H-pyrrole nitrogens is 1. The van der Waals surface area contributed by atoms with Gasteiger partial charge in [-0.2, -0.15) is 5.26 Å². The molecular formula is C30H22F3N7OS. The van der Waals surface area contributed by atoms with E-state index >= 15 is 4.39 Å². The molecule has 0 bridgehead atoms. The van der Waals surface area contributed by atoms with E-state index in [1.54, 1.807) is 35.7 Å². The van der Waals surface area contributed by atoms with E-state index in [1.165, 1.54) is 17.5 Å². The van der Waals surface area contributed by atoms with Gasteiger partial charge in [-0.05, 0) is 30.9 Å². The molecule has 1 atom stereocenters. The number of aromatic amines is 1. The fourth-order valence-electron chi connectivity index (χ4n) is 5.22. The monoisotopic (exact) mass is 585 g/mol. The highest BCUT2D eigenvalue weighted by molar-refractivity contribution is 7.13. The third kappa shape index (κ3) is 5.10. The number of fused-ring (bicyclic) bond motifs is 1. The molecule has 3 heterocycles. The summed E-state index contributed by atoms with van der Waals surface area (Å²) in [7, 11) is 0. The van der Waals surface area contributed by atoms with Gasteiger partial charge in [-0.15, -0.1) is 11.3 Å². The molecule has 6 rings (SSSR count). The third-order valence-electron chi connectivity index (χ3n) is 7.11. The number of hydrogen-bond acceptors (Lipinski definition) is 7. The first-order chi connectivity index (χ1) is 20.3. The Morgan fingerprint density at radius 2 is 2.00 bits per heavy atom. The number of nitrogens with zero attached hydrogens (tertiary/aromatic N) is 4. The first-order valence-electron chi connectivity index (χ1n) is 13.1. The summed E-state index contributed by atoms with van der Waals surface area (Å²) in [5, 5.41) is 15.1. The maximum absolute atomic E-state index is 16.2. The van der Waals surface area contributed by atoms with Crippen LogP contribution in [0.25, 0.3) is 33.3 Å². The number of carbonyl (C=O) groups excluding carboxylic acids is 1. The zero-order valence-electron chi connectivity index (χ0n) is 21.9. The van der Waals surface area contributed by atoms with Crippen molar-refractivity contribution in [2.24, 2.45) is 4.99 Å². The average molecular weight is 586 g/mol. The lowest BCUT2D eigenvalue weighted by Crippen LogP contribution is -2.38. The van der Waals surface area contributed by atoms with Crippen molar-refractivity contribution in [3.05, 3.63) is 82.8 Å². The van der Waals surface area contributed by atoms with Crippen molar-refractivity contribution in [1.29, 1.82) is 5.26 Å². The highest BCUT2D eigenvalue weighted by atomic mass is 32.1. The standard InChI is InChI=1S/C30H22F3N7OS/c31-16-9-19-21(13-36-27(19)22(32)10-16)26-20(12-34)24(15-5-2-1-3-6-15)25(33)28(40-26)37-17-7-4-8-18(11-17)38-29(41)23-14-42-30(35)39-23/h1-3,5-6,9-10,13-14,18,36H,4,7-8,11H2,(H2,35,39)(H,38,41)/t18-/m0/s1. The number of pyridine rings is 1. The number of hydrogen-bond donors (Lipinski definition) is 3. The van der Waals surface area contributed by atoms with E-state index in [4.69, 9.17) is 5.73 Å². The Morgan fingerprint density at radius 3 is 2.74 bits per heavy atom. The van der Waals surface area contributed by atoms with Crippen molar-refractivity contribution in [2.75, 3.05) is 5.73 Å². The molecule has 5 aromatic rings. The summed E-state index contributed by atoms with van der Waals surface area (Å²) in [6, 6.07) is 12.2. The summed E-state index contributed by atoms with van der Waals surface area (Å²) in [6.45, 7) is 0. The predicted molar refractivity (Wildman–Crippen MR) is 155 cm³/mol. The van der Waals surface area contributed by atoms with Crippen molar-refractivity contribution in [3.63, 3.8) is 0 Å². The lowest BCUT2D eigenvalue weighted by molar-refractivity contribution is 0.0930. The molecule has 4 N–H and O–H groups in total. The van der Waals surface area contributed by atoms with E-state index in [-0.39, 0.29) is 56.7 Å². The fraction of sp³-hybridized carbons (Fsp3) is 0.167. The Morgan fingerprint density at radius 1 is 1.19 bits per heavy atom. The number of anilines is 1. The highest BCUT2D eigenvalue weighted by Crippen LogP contribution is 2.40. The summed E-state index contributed by atoms with van der Waals surface area (Å²) < 4.78 is 45.0. The minimum Gasteiger partial charge on any atom is -0.375 e. The van der Waals surface area contributed by atoms with Crippen LogP contribution in [0.2, 0.25) is 0 Å². The Hall–Kier alpha value is -5.02. The molecule has 0 saturated heterocycles. The molecule has 1 fully saturated rings. The van der Waals surface area contributed by atoms with Crippen molar-refractivity contribution < 1.29 is 18.0 Å². The molecule has 42 heavy (non-hydrogen) atoms. The van der Waals surface area contributed by atoms with Crippen LogP contribution in [0, 0.1) is 28.8 Å². The zero-order valence-corrected chi connectivity index (χ0v) is 22.7. The van der Waals surface area contributed by atoms with Crippen LogP contribution in [0.1, 0.15) is 41.7 Å². The van der Waals surface area contributed by atoms with E-state index in [9.17, 15) is 18.8 Å². The quantitative estimate of drug-likeness (QED) is 0.212. The Bertz CT molecular complexity index is 1910. The number of nitriles is 1. The first kappa shape index (κ1) is 27.2. The molecule has 1 aliphatic carbocycles. The smallest absolute Gasteiger partial charge is 0.271 e. The SMILES string of the molecule is N#Cc1c(-c2c[nH]c3c(F)cc(F)cc23)nc(N=C2CCC[C@H](NC(=O)c3csc(N)n3)C2)c(F)c1-c1ccccc1. The van der Waals surface area contributed by atoms with Gasteiger partial charge in [0, 0.05) is 52.3 Å². The molecule has 2 aromatic carbocycles. The van der Waals surface area contributed by atoms with Gasteiger partial charge in [-0.25, -0.2) is 28.1 Å². The number of nitrogens with one attached hydrogen (secondary N) is 2. The second-order valence-electron chi connectivity index (χ2n) is 9.85. The van der Waals surface area contributed by atoms with Gasteiger partial charge in [0.2, 0.25) is 0 Å². The highest BCUT2D eigenvalue weighted by Gasteiger charge is 2.27. The van der Waals surface area contributed by atoms with Gasteiger partial charge < -0.3 is 16.0 Å². The van der Waals surface area contributed by atoms with Gasteiger partial charge in [-0.1, -0.05) is 30.3 Å². The van der Waals surface area contributed by atoms with Crippen molar-refractivity contribution >= 4 is 44.8 Å². The minimum atomic E-state index is -0.809. The van der Waals surface area contributed by atoms with Gasteiger partial charge in [-0.3, -0.25) is 4.79 Å². The van der Waals surface area contributed by atoms with E-state index < -0.39 is 17.5 Å². The summed E-state index contributed by atoms with van der Waals surface area (Å²) in [6.07, 6.45) is 3.71. The number of aromatic nitrogens is 3. The van der Waals surface area contributed by atoms with Gasteiger partial charge in [0.05, 0.1) is 16.8 Å². The topological polar surface area (TPSA) is 133 Å². The lowest BCUT2D eigenvalue weighted by Gasteiger charge is -2.24. The van der Waals surface area contributed by atoms with Crippen LogP contribution >= 0.6 is 11.3 Å². The van der Waals surface area contributed by atoms with E-state index in [1.807, 2.05) is 6.07 Å². The number of halogens is 3.